The number of esters is 1. The number of nitrogens with zero attached hydrogens (tertiary/aromatic N) is 1. The third-order valence-electron chi connectivity index (χ3n) is 5.22. The number of fused-ring (bicyclic) bond motifs is 1. The van der Waals surface area contributed by atoms with E-state index in [9.17, 15) is 9.18 Å². The van der Waals surface area contributed by atoms with Gasteiger partial charge < -0.3 is 9.30 Å². The number of carbonyl (C=O) groups excluding carboxylic acids is 1. The molecule has 156 valence electrons. The molecule has 31 heavy (non-hydrogen) atoms. The molecule has 0 amide bonds. The molecule has 0 bridgehead atoms. The fraction of sp³-hybridized carbons (Fsp3) is 0.148. The zero-order valence-electron chi connectivity index (χ0n) is 17.4. The normalized spacial score (nSPS) is 11.3. The van der Waals surface area contributed by atoms with Crippen LogP contribution in [0.5, 0.6) is 0 Å². The van der Waals surface area contributed by atoms with Crippen molar-refractivity contribution in [1.29, 1.82) is 0 Å². The third-order valence-corrected chi connectivity index (χ3v) is 5.22. The minimum Gasteiger partial charge on any atom is -0.463 e. The molecule has 0 atom stereocenters. The molecule has 3 nitrogen and oxygen atoms in total. The van der Waals surface area contributed by atoms with Crippen LogP contribution in [0.25, 0.3) is 17.0 Å². The maximum Gasteiger partial charge on any atom is 0.330 e. The molecule has 1 aromatic heterocycles. The Labute approximate surface area is 181 Å². The number of benzene rings is 3. The average Bonchev–Trinajstić information content (AvgIpc) is 3.17. The Morgan fingerprint density at radius 2 is 1.84 bits per heavy atom. The van der Waals surface area contributed by atoms with Crippen LogP contribution in [-0.4, -0.2) is 17.1 Å². The van der Waals surface area contributed by atoms with Gasteiger partial charge in [-0.3, -0.25) is 0 Å². The Kier molecular flexibility index (Phi) is 6.27. The van der Waals surface area contributed by atoms with Crippen molar-refractivity contribution in [3.8, 4) is 0 Å². The van der Waals surface area contributed by atoms with Crippen molar-refractivity contribution < 1.29 is 13.9 Å². The Morgan fingerprint density at radius 1 is 1.00 bits per heavy atom. The largest absolute Gasteiger partial charge is 0.463 e. The highest BCUT2D eigenvalue weighted by Gasteiger charge is 2.07. The van der Waals surface area contributed by atoms with Gasteiger partial charge in [0.05, 0.1) is 6.61 Å². The van der Waals surface area contributed by atoms with Gasteiger partial charge in [0.2, 0.25) is 0 Å². The first-order valence-electron chi connectivity index (χ1n) is 10.4. The Bertz CT molecular complexity index is 1220. The molecule has 4 rings (SSSR count). The second-order valence-electron chi connectivity index (χ2n) is 7.43. The highest BCUT2D eigenvalue weighted by Crippen LogP contribution is 2.23. The molecule has 4 aromatic rings. The summed E-state index contributed by atoms with van der Waals surface area (Å²) in [5, 5.41) is 1.17. The van der Waals surface area contributed by atoms with E-state index in [0.717, 1.165) is 17.7 Å². The molecule has 0 aliphatic carbocycles. The summed E-state index contributed by atoms with van der Waals surface area (Å²) >= 11 is 0. The maximum absolute atomic E-state index is 13.8. The molecular formula is C27H24FNO2. The molecule has 0 N–H and O–H groups in total. The summed E-state index contributed by atoms with van der Waals surface area (Å²) in [4.78, 5) is 11.6. The van der Waals surface area contributed by atoms with Crippen molar-refractivity contribution in [3.05, 3.63) is 113 Å². The SMILES string of the molecule is CCOC(=O)/C=C/c1cc(F)ccc1Cc1ccc2c(ccn2Cc2ccccc2)c1. The minimum atomic E-state index is -0.432. The number of ether oxygens (including phenoxy) is 1. The first-order chi connectivity index (χ1) is 15.1. The van der Waals surface area contributed by atoms with E-state index in [2.05, 4.69) is 59.3 Å². The first kappa shape index (κ1) is 20.6. The number of hydrogen-bond donors (Lipinski definition) is 0. The van der Waals surface area contributed by atoms with Crippen molar-refractivity contribution in [3.63, 3.8) is 0 Å². The van der Waals surface area contributed by atoms with E-state index < -0.39 is 5.97 Å². The molecule has 0 aliphatic heterocycles. The van der Waals surface area contributed by atoms with Crippen LogP contribution in [0.3, 0.4) is 0 Å². The van der Waals surface area contributed by atoms with E-state index in [0.29, 0.717) is 18.6 Å². The van der Waals surface area contributed by atoms with Crippen LogP contribution >= 0.6 is 0 Å². The lowest BCUT2D eigenvalue weighted by atomic mass is 9.98. The standard InChI is InChI=1S/C27H24FNO2/c1-2-31-27(30)13-10-23-18-25(28)11-9-22(23)16-21-8-12-26-24(17-21)14-15-29(26)19-20-6-4-3-5-7-20/h3-15,17-18H,2,16,19H2,1H3/b13-10+. The number of rotatable bonds is 7. The lowest BCUT2D eigenvalue weighted by molar-refractivity contribution is -0.137. The molecule has 0 radical (unpaired) electrons. The molecule has 1 heterocycles. The number of carbonyl (C=O) groups is 1. The Balaban J connectivity index is 1.57. The van der Waals surface area contributed by atoms with E-state index in [1.165, 1.54) is 34.7 Å². The molecule has 0 unspecified atom stereocenters. The van der Waals surface area contributed by atoms with Gasteiger partial charge >= 0.3 is 5.97 Å². The zero-order valence-corrected chi connectivity index (χ0v) is 17.4. The van der Waals surface area contributed by atoms with Gasteiger partial charge in [0.15, 0.2) is 0 Å². The van der Waals surface area contributed by atoms with Gasteiger partial charge in [0.25, 0.3) is 0 Å². The summed E-state index contributed by atoms with van der Waals surface area (Å²) in [5.41, 5.74) is 5.18. The van der Waals surface area contributed by atoms with Crippen LogP contribution in [0.1, 0.15) is 29.2 Å². The van der Waals surface area contributed by atoms with Gasteiger partial charge in [0.1, 0.15) is 5.82 Å². The fourth-order valence-electron chi connectivity index (χ4n) is 3.73. The van der Waals surface area contributed by atoms with E-state index >= 15 is 0 Å². The van der Waals surface area contributed by atoms with Crippen molar-refractivity contribution in [2.75, 3.05) is 6.61 Å². The smallest absolute Gasteiger partial charge is 0.330 e. The van der Waals surface area contributed by atoms with Gasteiger partial charge in [-0.15, -0.1) is 0 Å². The molecule has 0 saturated carbocycles. The van der Waals surface area contributed by atoms with E-state index in [-0.39, 0.29) is 5.82 Å². The minimum absolute atomic E-state index is 0.309. The maximum atomic E-state index is 13.8. The molecule has 3 aromatic carbocycles. The van der Waals surface area contributed by atoms with Crippen LogP contribution < -0.4 is 0 Å². The van der Waals surface area contributed by atoms with Gasteiger partial charge in [-0.2, -0.15) is 0 Å². The summed E-state index contributed by atoms with van der Waals surface area (Å²) in [6.07, 6.45) is 5.70. The van der Waals surface area contributed by atoms with Crippen molar-refractivity contribution in [2.45, 2.75) is 19.9 Å². The topological polar surface area (TPSA) is 31.2 Å². The molecule has 0 aliphatic rings. The molecule has 0 fully saturated rings. The van der Waals surface area contributed by atoms with Crippen molar-refractivity contribution >= 4 is 22.9 Å². The summed E-state index contributed by atoms with van der Waals surface area (Å²) in [7, 11) is 0. The second-order valence-corrected chi connectivity index (χ2v) is 7.43. The lowest BCUT2D eigenvalue weighted by Crippen LogP contribution is -1.99. The van der Waals surface area contributed by atoms with Gasteiger partial charge in [-0.05, 0) is 77.4 Å². The van der Waals surface area contributed by atoms with Gasteiger partial charge in [-0.1, -0.05) is 42.5 Å². The number of hydrogen-bond acceptors (Lipinski definition) is 2. The number of aromatic nitrogens is 1. The predicted molar refractivity (Wildman–Crippen MR) is 122 cm³/mol. The Morgan fingerprint density at radius 3 is 2.65 bits per heavy atom. The fourth-order valence-corrected chi connectivity index (χ4v) is 3.73. The van der Waals surface area contributed by atoms with Crippen molar-refractivity contribution in [1.82, 2.24) is 4.57 Å². The third kappa shape index (κ3) is 5.10. The summed E-state index contributed by atoms with van der Waals surface area (Å²) in [6, 6.07) is 23.6. The van der Waals surface area contributed by atoms with Crippen LogP contribution in [0.15, 0.2) is 85.1 Å². The highest BCUT2D eigenvalue weighted by atomic mass is 19.1. The summed E-state index contributed by atoms with van der Waals surface area (Å²) in [6.45, 7) is 2.89. The molecule has 0 spiro atoms. The Hall–Kier alpha value is -3.66. The molecular weight excluding hydrogens is 389 g/mol. The van der Waals surface area contributed by atoms with Crippen LogP contribution in [0.2, 0.25) is 0 Å². The van der Waals surface area contributed by atoms with Crippen molar-refractivity contribution in [2.24, 2.45) is 0 Å². The van der Waals surface area contributed by atoms with E-state index in [4.69, 9.17) is 4.74 Å². The first-order valence-corrected chi connectivity index (χ1v) is 10.4. The monoisotopic (exact) mass is 413 g/mol. The second kappa shape index (κ2) is 9.43. The quantitative estimate of drug-likeness (QED) is 0.275. The van der Waals surface area contributed by atoms with E-state index in [1.54, 1.807) is 19.1 Å². The van der Waals surface area contributed by atoms with Crippen LogP contribution in [0, 0.1) is 5.82 Å². The number of halogens is 1. The summed E-state index contributed by atoms with van der Waals surface area (Å²) in [5.74, 6) is -0.764. The molecule has 4 heteroatoms. The van der Waals surface area contributed by atoms with E-state index in [1.807, 2.05) is 6.07 Å². The molecule has 0 saturated heterocycles. The van der Waals surface area contributed by atoms with Crippen LogP contribution in [0.4, 0.5) is 4.39 Å². The summed E-state index contributed by atoms with van der Waals surface area (Å²) < 4.78 is 21.0. The average molecular weight is 413 g/mol. The lowest BCUT2D eigenvalue weighted by Gasteiger charge is -2.09. The highest BCUT2D eigenvalue weighted by molar-refractivity contribution is 5.87. The van der Waals surface area contributed by atoms with Crippen LogP contribution in [-0.2, 0) is 22.5 Å². The predicted octanol–water partition coefficient (Wildman–Crippen LogP) is 6.00. The zero-order chi connectivity index (χ0) is 21.6. The van der Waals surface area contributed by atoms with Gasteiger partial charge in [0, 0.05) is 24.3 Å². The van der Waals surface area contributed by atoms with Gasteiger partial charge in [-0.25, -0.2) is 9.18 Å².